The summed E-state index contributed by atoms with van der Waals surface area (Å²) in [7, 11) is 0. The first kappa shape index (κ1) is 10.3. The third-order valence-corrected chi connectivity index (χ3v) is 2.68. The lowest BCUT2D eigenvalue weighted by atomic mass is 10.3. The number of H-pyrrole nitrogens is 1. The SMILES string of the molecule is CC(C)(C)[S+]([O-])/N=C/c1cnc[nH]1. The summed E-state index contributed by atoms with van der Waals surface area (Å²) in [4.78, 5) is 6.67. The molecule has 13 heavy (non-hydrogen) atoms. The fraction of sp³-hybridized carbons (Fsp3) is 0.500. The maximum absolute atomic E-state index is 11.4. The zero-order valence-corrected chi connectivity index (χ0v) is 8.76. The molecule has 0 fully saturated rings. The minimum Gasteiger partial charge on any atom is -0.591 e. The highest BCUT2D eigenvalue weighted by molar-refractivity contribution is 7.91. The topological polar surface area (TPSA) is 64.1 Å². The molecule has 0 aliphatic carbocycles. The van der Waals surface area contributed by atoms with Crippen molar-refractivity contribution in [2.24, 2.45) is 4.40 Å². The van der Waals surface area contributed by atoms with Gasteiger partial charge in [0.1, 0.15) is 22.3 Å². The minimum absolute atomic E-state index is 0.309. The molecule has 1 aromatic rings. The van der Waals surface area contributed by atoms with Gasteiger partial charge in [-0.05, 0) is 20.8 Å². The first-order valence-electron chi connectivity index (χ1n) is 3.94. The Bertz CT molecular complexity index is 276. The average Bonchev–Trinajstić information content (AvgIpc) is 2.50. The van der Waals surface area contributed by atoms with Gasteiger partial charge >= 0.3 is 0 Å². The number of hydrogen-bond acceptors (Lipinski definition) is 3. The van der Waals surface area contributed by atoms with Crippen molar-refractivity contribution in [1.82, 2.24) is 9.97 Å². The Morgan fingerprint density at radius 3 is 2.77 bits per heavy atom. The number of nitrogens with zero attached hydrogens (tertiary/aromatic N) is 2. The minimum atomic E-state index is -1.20. The van der Waals surface area contributed by atoms with Gasteiger partial charge in [-0.15, -0.1) is 0 Å². The molecule has 0 radical (unpaired) electrons. The van der Waals surface area contributed by atoms with Gasteiger partial charge in [0.25, 0.3) is 0 Å². The Hall–Kier alpha value is -0.810. The molecule has 4 nitrogen and oxygen atoms in total. The van der Waals surface area contributed by atoms with Gasteiger partial charge in [0.05, 0.1) is 18.2 Å². The second kappa shape index (κ2) is 3.93. The van der Waals surface area contributed by atoms with Gasteiger partial charge in [-0.1, -0.05) is 4.40 Å². The van der Waals surface area contributed by atoms with E-state index in [1.807, 2.05) is 20.8 Å². The van der Waals surface area contributed by atoms with Crippen LogP contribution in [0.25, 0.3) is 0 Å². The molecule has 0 saturated carbocycles. The third kappa shape index (κ3) is 3.20. The van der Waals surface area contributed by atoms with Crippen LogP contribution in [0.15, 0.2) is 16.9 Å². The van der Waals surface area contributed by atoms with Crippen molar-refractivity contribution in [2.45, 2.75) is 25.5 Å². The lowest BCUT2D eigenvalue weighted by molar-refractivity contribution is 0.562. The average molecular weight is 199 g/mol. The summed E-state index contributed by atoms with van der Waals surface area (Å²) in [5.41, 5.74) is 0.762. The third-order valence-electron chi connectivity index (χ3n) is 1.33. The zero-order chi connectivity index (χ0) is 9.90. The van der Waals surface area contributed by atoms with Crippen LogP contribution in [0.4, 0.5) is 0 Å². The van der Waals surface area contributed by atoms with Crippen LogP contribution in [-0.4, -0.2) is 25.5 Å². The van der Waals surface area contributed by atoms with Crippen LogP contribution in [0.2, 0.25) is 0 Å². The molecular formula is C8H13N3OS. The van der Waals surface area contributed by atoms with E-state index in [0.717, 1.165) is 5.69 Å². The molecule has 1 rings (SSSR count). The van der Waals surface area contributed by atoms with Gasteiger partial charge in [-0.3, -0.25) is 0 Å². The van der Waals surface area contributed by atoms with E-state index < -0.39 is 11.4 Å². The highest BCUT2D eigenvalue weighted by Gasteiger charge is 2.25. The Balaban J connectivity index is 2.59. The van der Waals surface area contributed by atoms with Gasteiger partial charge in [0.15, 0.2) is 0 Å². The van der Waals surface area contributed by atoms with E-state index in [2.05, 4.69) is 14.4 Å². The number of hydrogen-bond donors (Lipinski definition) is 1. The van der Waals surface area contributed by atoms with Crippen molar-refractivity contribution >= 4 is 17.6 Å². The lowest BCUT2D eigenvalue weighted by Gasteiger charge is -2.17. The summed E-state index contributed by atoms with van der Waals surface area (Å²) in [5, 5.41) is 0. The zero-order valence-electron chi connectivity index (χ0n) is 7.94. The Labute approximate surface area is 80.8 Å². The van der Waals surface area contributed by atoms with Crippen LogP contribution in [0.5, 0.6) is 0 Å². The Morgan fingerprint density at radius 2 is 2.31 bits per heavy atom. The monoisotopic (exact) mass is 199 g/mol. The Kier molecular flexibility index (Phi) is 3.11. The highest BCUT2D eigenvalue weighted by Crippen LogP contribution is 2.16. The van der Waals surface area contributed by atoms with Crippen molar-refractivity contribution < 1.29 is 4.55 Å². The Morgan fingerprint density at radius 1 is 1.62 bits per heavy atom. The molecule has 5 heteroatoms. The van der Waals surface area contributed by atoms with E-state index in [9.17, 15) is 4.55 Å². The van der Waals surface area contributed by atoms with Crippen molar-refractivity contribution in [2.75, 3.05) is 0 Å². The number of aromatic nitrogens is 2. The second-order valence-corrected chi connectivity index (χ2v) is 5.54. The molecule has 0 aromatic carbocycles. The predicted molar refractivity (Wildman–Crippen MR) is 54.1 cm³/mol. The van der Waals surface area contributed by atoms with Crippen LogP contribution in [0, 0.1) is 0 Å². The maximum Gasteiger partial charge on any atom is 0.144 e. The summed E-state index contributed by atoms with van der Waals surface area (Å²) in [6.45, 7) is 5.65. The first-order chi connectivity index (χ1) is 6.00. The van der Waals surface area contributed by atoms with Crippen LogP contribution in [0.1, 0.15) is 26.5 Å². The van der Waals surface area contributed by atoms with Gasteiger partial charge in [-0.25, -0.2) is 4.98 Å². The number of nitrogens with one attached hydrogen (secondary N) is 1. The smallest absolute Gasteiger partial charge is 0.144 e. The maximum atomic E-state index is 11.4. The van der Waals surface area contributed by atoms with E-state index >= 15 is 0 Å². The normalized spacial score (nSPS) is 15.1. The standard InChI is InChI=1S/C8H13N3OS/c1-8(2,3)13(12)11-5-7-4-9-6-10-7/h4-6H,1-3H3,(H,9,10)/b11-5+. The van der Waals surface area contributed by atoms with E-state index in [1.165, 1.54) is 6.21 Å². The molecule has 72 valence electrons. The first-order valence-corrected chi connectivity index (χ1v) is 5.05. The summed E-state index contributed by atoms with van der Waals surface area (Å²) < 4.78 is 15.0. The molecule has 0 spiro atoms. The fourth-order valence-corrected chi connectivity index (χ4v) is 1.13. The fourth-order valence-electron chi connectivity index (χ4n) is 0.600. The van der Waals surface area contributed by atoms with E-state index in [1.54, 1.807) is 12.5 Å². The van der Waals surface area contributed by atoms with Crippen molar-refractivity contribution in [3.8, 4) is 0 Å². The number of imidazole rings is 1. The largest absolute Gasteiger partial charge is 0.591 e. The molecular weight excluding hydrogens is 186 g/mol. The van der Waals surface area contributed by atoms with E-state index in [-0.39, 0.29) is 4.75 Å². The van der Waals surface area contributed by atoms with E-state index in [4.69, 9.17) is 0 Å². The lowest BCUT2D eigenvalue weighted by Crippen LogP contribution is -2.25. The van der Waals surface area contributed by atoms with Gasteiger partial charge < -0.3 is 9.54 Å². The highest BCUT2D eigenvalue weighted by atomic mass is 32.2. The molecule has 0 bridgehead atoms. The van der Waals surface area contributed by atoms with Crippen LogP contribution in [-0.2, 0) is 11.4 Å². The van der Waals surface area contributed by atoms with Gasteiger partial charge in [-0.2, -0.15) is 0 Å². The predicted octanol–water partition coefficient (Wildman–Crippen LogP) is 1.29. The quantitative estimate of drug-likeness (QED) is 0.576. The molecule has 1 N–H and O–H groups in total. The van der Waals surface area contributed by atoms with Gasteiger partial charge in [0, 0.05) is 0 Å². The summed E-state index contributed by atoms with van der Waals surface area (Å²) in [6, 6.07) is 0. The van der Waals surface area contributed by atoms with Crippen molar-refractivity contribution in [1.29, 1.82) is 0 Å². The van der Waals surface area contributed by atoms with Crippen LogP contribution < -0.4 is 0 Å². The molecule has 0 saturated heterocycles. The van der Waals surface area contributed by atoms with Crippen LogP contribution in [0.3, 0.4) is 0 Å². The summed E-state index contributed by atoms with van der Waals surface area (Å²) >= 11 is -1.20. The summed E-state index contributed by atoms with van der Waals surface area (Å²) in [5.74, 6) is 0. The van der Waals surface area contributed by atoms with Crippen molar-refractivity contribution in [3.63, 3.8) is 0 Å². The van der Waals surface area contributed by atoms with Crippen molar-refractivity contribution in [3.05, 3.63) is 18.2 Å². The molecule has 1 heterocycles. The number of rotatable bonds is 2. The van der Waals surface area contributed by atoms with Gasteiger partial charge in [0.2, 0.25) is 0 Å². The molecule has 0 amide bonds. The summed E-state index contributed by atoms with van der Waals surface area (Å²) in [6.07, 6.45) is 4.72. The van der Waals surface area contributed by atoms with Crippen LogP contribution >= 0.6 is 0 Å². The molecule has 0 aliphatic heterocycles. The number of aromatic amines is 1. The molecule has 1 aromatic heterocycles. The molecule has 0 aliphatic rings. The molecule has 1 atom stereocenters. The van der Waals surface area contributed by atoms with E-state index in [0.29, 0.717) is 0 Å². The molecule has 1 unspecified atom stereocenters. The second-order valence-electron chi connectivity index (χ2n) is 3.60.